The van der Waals surface area contributed by atoms with Gasteiger partial charge in [-0.2, -0.15) is 0 Å². The molecule has 0 bridgehead atoms. The number of hydrogen-bond donors (Lipinski definition) is 0. The number of benzene rings is 2. The van der Waals surface area contributed by atoms with E-state index in [1.807, 2.05) is 31.3 Å². The molecule has 0 atom stereocenters. The molecule has 0 aliphatic carbocycles. The lowest BCUT2D eigenvalue weighted by Crippen LogP contribution is -2.35. The van der Waals surface area contributed by atoms with Crippen LogP contribution in [0.15, 0.2) is 60.9 Å². The van der Waals surface area contributed by atoms with Gasteiger partial charge in [0.1, 0.15) is 0 Å². The molecule has 1 saturated heterocycles. The molecule has 138 valence electrons. The number of ketones is 1. The summed E-state index contributed by atoms with van der Waals surface area (Å²) in [5, 5.41) is 0. The average Bonchev–Trinajstić information content (AvgIpc) is 3.14. The number of carbonyl (C=O) groups excluding carboxylic acids is 1. The summed E-state index contributed by atoms with van der Waals surface area (Å²) in [6, 6.07) is 16.2. The quantitative estimate of drug-likeness (QED) is 0.655. The van der Waals surface area contributed by atoms with Crippen molar-refractivity contribution in [3.8, 4) is 11.1 Å². The lowest BCUT2D eigenvalue weighted by atomic mass is 9.96. The Bertz CT molecular complexity index is 942. The highest BCUT2D eigenvalue weighted by Crippen LogP contribution is 2.26. The fourth-order valence-corrected chi connectivity index (χ4v) is 3.48. The molecule has 4 rings (SSSR count). The molecule has 1 aliphatic rings. The van der Waals surface area contributed by atoms with E-state index < -0.39 is 0 Å². The normalized spacial score (nSPS) is 15.0. The van der Waals surface area contributed by atoms with E-state index in [1.165, 1.54) is 11.1 Å². The van der Waals surface area contributed by atoms with Crippen LogP contribution in [0.1, 0.15) is 21.7 Å². The van der Waals surface area contributed by atoms with Crippen LogP contribution in [0.25, 0.3) is 11.1 Å². The standard InChI is InChI=1S/C22H23N3O2/c1-24-10-9-23-22(24)21(26)18-7-4-6-17(15-18)20-8-3-2-5-19(20)16-25-11-13-27-14-12-25/h2-10,15H,11-14,16H2,1H3. The third-order valence-corrected chi connectivity index (χ3v) is 4.98. The van der Waals surface area contributed by atoms with E-state index in [0.717, 1.165) is 38.4 Å². The summed E-state index contributed by atoms with van der Waals surface area (Å²) in [5.41, 5.74) is 4.14. The minimum atomic E-state index is -0.0602. The number of nitrogens with zero attached hydrogens (tertiary/aromatic N) is 3. The van der Waals surface area contributed by atoms with Gasteiger partial charge in [-0.05, 0) is 22.8 Å². The Kier molecular flexibility index (Phi) is 5.14. The van der Waals surface area contributed by atoms with Crippen molar-refractivity contribution < 1.29 is 9.53 Å². The Morgan fingerprint density at radius 1 is 1.11 bits per heavy atom. The zero-order chi connectivity index (χ0) is 18.6. The zero-order valence-corrected chi connectivity index (χ0v) is 15.5. The molecule has 27 heavy (non-hydrogen) atoms. The van der Waals surface area contributed by atoms with Crippen LogP contribution in [0.3, 0.4) is 0 Å². The van der Waals surface area contributed by atoms with Crippen molar-refractivity contribution in [1.82, 2.24) is 14.5 Å². The summed E-state index contributed by atoms with van der Waals surface area (Å²) in [6.07, 6.45) is 3.43. The van der Waals surface area contributed by atoms with Gasteiger partial charge >= 0.3 is 0 Å². The Hall–Kier alpha value is -2.76. The minimum absolute atomic E-state index is 0.0602. The van der Waals surface area contributed by atoms with Gasteiger partial charge in [-0.25, -0.2) is 4.98 Å². The predicted octanol–water partition coefficient (Wildman–Crippen LogP) is 3.15. The van der Waals surface area contributed by atoms with Gasteiger partial charge in [0.25, 0.3) is 0 Å². The van der Waals surface area contributed by atoms with Crippen molar-refractivity contribution in [3.63, 3.8) is 0 Å². The summed E-state index contributed by atoms with van der Waals surface area (Å²) in [7, 11) is 1.84. The van der Waals surface area contributed by atoms with E-state index in [-0.39, 0.29) is 5.78 Å². The smallest absolute Gasteiger partial charge is 0.228 e. The molecule has 0 amide bonds. The van der Waals surface area contributed by atoms with Crippen molar-refractivity contribution in [3.05, 3.63) is 77.9 Å². The molecule has 5 nitrogen and oxygen atoms in total. The van der Waals surface area contributed by atoms with Gasteiger partial charge in [-0.1, -0.05) is 42.5 Å². The molecule has 1 aliphatic heterocycles. The van der Waals surface area contributed by atoms with Gasteiger partial charge < -0.3 is 9.30 Å². The number of ether oxygens (including phenoxy) is 1. The molecule has 0 radical (unpaired) electrons. The van der Waals surface area contributed by atoms with E-state index in [9.17, 15) is 4.79 Å². The first-order valence-electron chi connectivity index (χ1n) is 9.23. The molecule has 3 aromatic rings. The number of aromatic nitrogens is 2. The van der Waals surface area contributed by atoms with Crippen molar-refractivity contribution in [2.24, 2.45) is 7.05 Å². The van der Waals surface area contributed by atoms with Crippen LogP contribution in [-0.4, -0.2) is 46.5 Å². The van der Waals surface area contributed by atoms with Crippen molar-refractivity contribution in [1.29, 1.82) is 0 Å². The molecule has 1 aromatic heterocycles. The number of rotatable bonds is 5. The minimum Gasteiger partial charge on any atom is -0.379 e. The van der Waals surface area contributed by atoms with Crippen LogP contribution in [0.4, 0.5) is 0 Å². The van der Waals surface area contributed by atoms with Crippen molar-refractivity contribution in [2.45, 2.75) is 6.54 Å². The molecule has 2 heterocycles. The fourth-order valence-electron chi connectivity index (χ4n) is 3.48. The molecule has 0 unspecified atom stereocenters. The second-order valence-electron chi connectivity index (χ2n) is 6.82. The second-order valence-corrected chi connectivity index (χ2v) is 6.82. The van der Waals surface area contributed by atoms with Crippen molar-refractivity contribution in [2.75, 3.05) is 26.3 Å². The highest BCUT2D eigenvalue weighted by Gasteiger charge is 2.16. The number of morpholine rings is 1. The van der Waals surface area contributed by atoms with Crippen LogP contribution in [-0.2, 0) is 18.3 Å². The third-order valence-electron chi connectivity index (χ3n) is 4.98. The lowest BCUT2D eigenvalue weighted by Gasteiger charge is -2.27. The summed E-state index contributed by atoms with van der Waals surface area (Å²) < 4.78 is 7.20. The number of imidazole rings is 1. The fraction of sp³-hybridized carbons (Fsp3) is 0.273. The van der Waals surface area contributed by atoms with E-state index in [4.69, 9.17) is 4.74 Å². The maximum atomic E-state index is 12.8. The summed E-state index contributed by atoms with van der Waals surface area (Å²) in [6.45, 7) is 4.36. The Labute approximate surface area is 159 Å². The van der Waals surface area contributed by atoms with Gasteiger partial charge in [0, 0.05) is 44.6 Å². The summed E-state index contributed by atoms with van der Waals surface area (Å²) in [4.78, 5) is 19.4. The molecule has 1 fully saturated rings. The number of hydrogen-bond acceptors (Lipinski definition) is 4. The predicted molar refractivity (Wildman–Crippen MR) is 105 cm³/mol. The van der Waals surface area contributed by atoms with Crippen LogP contribution >= 0.6 is 0 Å². The van der Waals surface area contributed by atoms with Gasteiger partial charge in [0.2, 0.25) is 5.78 Å². The van der Waals surface area contributed by atoms with Gasteiger partial charge in [0.15, 0.2) is 5.82 Å². The summed E-state index contributed by atoms with van der Waals surface area (Å²) in [5.74, 6) is 0.392. The maximum Gasteiger partial charge on any atom is 0.228 e. The molecule has 2 aromatic carbocycles. The Morgan fingerprint density at radius 3 is 2.70 bits per heavy atom. The number of carbonyl (C=O) groups is 1. The first kappa shape index (κ1) is 17.6. The number of aryl methyl sites for hydroxylation is 1. The second kappa shape index (κ2) is 7.86. The van der Waals surface area contributed by atoms with Gasteiger partial charge in [-0.15, -0.1) is 0 Å². The molecular formula is C22H23N3O2. The topological polar surface area (TPSA) is 47.4 Å². The highest BCUT2D eigenvalue weighted by molar-refractivity contribution is 6.07. The Balaban J connectivity index is 1.64. The average molecular weight is 361 g/mol. The Morgan fingerprint density at radius 2 is 1.93 bits per heavy atom. The molecule has 5 heteroatoms. The molecule has 0 N–H and O–H groups in total. The third kappa shape index (κ3) is 3.84. The molecular weight excluding hydrogens is 338 g/mol. The van der Waals surface area contributed by atoms with Gasteiger partial charge in [-0.3, -0.25) is 9.69 Å². The first-order chi connectivity index (χ1) is 13.2. The van der Waals surface area contributed by atoms with E-state index in [1.54, 1.807) is 17.0 Å². The van der Waals surface area contributed by atoms with E-state index >= 15 is 0 Å². The molecule has 0 saturated carbocycles. The van der Waals surface area contributed by atoms with Crippen molar-refractivity contribution >= 4 is 5.78 Å². The maximum absolute atomic E-state index is 12.8. The van der Waals surface area contributed by atoms with Crippen LogP contribution < -0.4 is 0 Å². The SMILES string of the molecule is Cn1ccnc1C(=O)c1cccc(-c2ccccc2CN2CCOCC2)c1. The van der Waals surface area contributed by atoms with Crippen LogP contribution in [0.5, 0.6) is 0 Å². The molecule has 0 spiro atoms. The highest BCUT2D eigenvalue weighted by atomic mass is 16.5. The van der Waals surface area contributed by atoms with Crippen LogP contribution in [0, 0.1) is 0 Å². The lowest BCUT2D eigenvalue weighted by molar-refractivity contribution is 0.0342. The van der Waals surface area contributed by atoms with E-state index in [0.29, 0.717) is 11.4 Å². The largest absolute Gasteiger partial charge is 0.379 e. The summed E-state index contributed by atoms with van der Waals surface area (Å²) >= 11 is 0. The first-order valence-corrected chi connectivity index (χ1v) is 9.23. The zero-order valence-electron chi connectivity index (χ0n) is 15.5. The van der Waals surface area contributed by atoms with E-state index in [2.05, 4.69) is 34.1 Å². The van der Waals surface area contributed by atoms with Gasteiger partial charge in [0.05, 0.1) is 13.2 Å². The van der Waals surface area contributed by atoms with Crippen LogP contribution in [0.2, 0.25) is 0 Å². The monoisotopic (exact) mass is 361 g/mol.